The zero-order valence-corrected chi connectivity index (χ0v) is 13.6. The molecule has 0 N–H and O–H groups in total. The van der Waals surface area contributed by atoms with Crippen LogP contribution in [0.3, 0.4) is 0 Å². The standard InChI is InChI=1S/C20H29N/c1-14-3-4-15(2)19(11-14)17-7-9-21(10-8-17)20-13-16-5-6-18(20)12-16/h3-4,11,16-18,20H,5-10,12-13H2,1-2H3/t16-,18-,20+/m0/s1. The van der Waals surface area contributed by atoms with Gasteiger partial charge < -0.3 is 4.90 Å². The summed E-state index contributed by atoms with van der Waals surface area (Å²) >= 11 is 0. The van der Waals surface area contributed by atoms with Gasteiger partial charge in [-0.3, -0.25) is 0 Å². The zero-order chi connectivity index (χ0) is 14.4. The molecule has 2 saturated carbocycles. The molecular formula is C20H29N. The Morgan fingerprint density at radius 3 is 2.43 bits per heavy atom. The first-order valence-electron chi connectivity index (χ1n) is 9.02. The fraction of sp³-hybridized carbons (Fsp3) is 0.700. The van der Waals surface area contributed by atoms with E-state index in [1.807, 2.05) is 0 Å². The molecule has 1 heterocycles. The van der Waals surface area contributed by atoms with Crippen LogP contribution in [0.15, 0.2) is 18.2 Å². The van der Waals surface area contributed by atoms with E-state index in [1.54, 1.807) is 12.0 Å². The van der Waals surface area contributed by atoms with Crippen LogP contribution in [0, 0.1) is 25.7 Å². The lowest BCUT2D eigenvalue weighted by Crippen LogP contribution is -2.43. The number of hydrogen-bond donors (Lipinski definition) is 0. The fourth-order valence-corrected chi connectivity index (χ4v) is 5.40. The van der Waals surface area contributed by atoms with Crippen molar-refractivity contribution in [3.8, 4) is 0 Å². The van der Waals surface area contributed by atoms with Crippen LogP contribution in [0.1, 0.15) is 61.1 Å². The number of rotatable bonds is 2. The third-order valence-electron chi connectivity index (χ3n) is 6.57. The van der Waals surface area contributed by atoms with E-state index in [2.05, 4.69) is 36.9 Å². The highest BCUT2D eigenvalue weighted by Crippen LogP contribution is 2.47. The first-order chi connectivity index (χ1) is 10.2. The minimum atomic E-state index is 0.805. The minimum Gasteiger partial charge on any atom is -0.300 e. The first-order valence-corrected chi connectivity index (χ1v) is 9.02. The second-order valence-corrected chi connectivity index (χ2v) is 7.91. The van der Waals surface area contributed by atoms with Crippen LogP contribution in [-0.4, -0.2) is 24.0 Å². The minimum absolute atomic E-state index is 0.805. The summed E-state index contributed by atoms with van der Waals surface area (Å²) in [6, 6.07) is 7.95. The maximum absolute atomic E-state index is 2.85. The molecule has 0 unspecified atom stereocenters. The number of piperidine rings is 1. The summed E-state index contributed by atoms with van der Waals surface area (Å²) in [5.74, 6) is 2.93. The molecule has 2 aliphatic carbocycles. The normalized spacial score (nSPS) is 33.7. The predicted octanol–water partition coefficient (Wildman–Crippen LogP) is 4.67. The van der Waals surface area contributed by atoms with Crippen LogP contribution in [0.2, 0.25) is 0 Å². The highest BCUT2D eigenvalue weighted by Gasteiger charge is 2.42. The van der Waals surface area contributed by atoms with E-state index >= 15 is 0 Å². The van der Waals surface area contributed by atoms with E-state index in [0.29, 0.717) is 0 Å². The molecule has 1 aromatic carbocycles. The molecule has 1 aromatic rings. The fourth-order valence-electron chi connectivity index (χ4n) is 5.40. The summed E-state index contributed by atoms with van der Waals surface area (Å²) in [5.41, 5.74) is 4.55. The van der Waals surface area contributed by atoms with Gasteiger partial charge in [-0.25, -0.2) is 0 Å². The molecule has 2 bridgehead atoms. The molecule has 114 valence electrons. The lowest BCUT2D eigenvalue weighted by atomic mass is 9.84. The van der Waals surface area contributed by atoms with Crippen LogP contribution in [0.5, 0.6) is 0 Å². The average molecular weight is 283 g/mol. The number of nitrogens with zero attached hydrogens (tertiary/aromatic N) is 1. The number of likely N-dealkylation sites (tertiary alicyclic amines) is 1. The summed E-state index contributed by atoms with van der Waals surface area (Å²) in [6.07, 6.45) is 8.85. The van der Waals surface area contributed by atoms with Crippen molar-refractivity contribution in [2.75, 3.05) is 13.1 Å². The van der Waals surface area contributed by atoms with Crippen molar-refractivity contribution in [2.45, 2.75) is 64.3 Å². The van der Waals surface area contributed by atoms with Gasteiger partial charge in [0.25, 0.3) is 0 Å². The van der Waals surface area contributed by atoms with Crippen molar-refractivity contribution in [2.24, 2.45) is 11.8 Å². The molecule has 21 heavy (non-hydrogen) atoms. The molecule has 1 nitrogen and oxygen atoms in total. The van der Waals surface area contributed by atoms with Crippen molar-refractivity contribution in [3.05, 3.63) is 34.9 Å². The van der Waals surface area contributed by atoms with Gasteiger partial charge in [-0.1, -0.05) is 30.2 Å². The molecule has 1 saturated heterocycles. The van der Waals surface area contributed by atoms with E-state index in [4.69, 9.17) is 0 Å². The molecule has 0 aromatic heterocycles. The van der Waals surface area contributed by atoms with Gasteiger partial charge in [-0.2, -0.15) is 0 Å². The molecule has 3 atom stereocenters. The van der Waals surface area contributed by atoms with Gasteiger partial charge in [-0.05, 0) is 87.9 Å². The third kappa shape index (κ3) is 2.54. The summed E-state index contributed by atoms with van der Waals surface area (Å²) in [6.45, 7) is 7.20. The smallest absolute Gasteiger partial charge is 0.0126 e. The maximum Gasteiger partial charge on any atom is 0.0126 e. The molecular weight excluding hydrogens is 254 g/mol. The predicted molar refractivity (Wildman–Crippen MR) is 88.7 cm³/mol. The van der Waals surface area contributed by atoms with Gasteiger partial charge in [0.1, 0.15) is 0 Å². The molecule has 4 rings (SSSR count). The molecule has 3 aliphatic rings. The Hall–Kier alpha value is -0.820. The van der Waals surface area contributed by atoms with Crippen molar-refractivity contribution in [1.82, 2.24) is 4.90 Å². The molecule has 1 aliphatic heterocycles. The van der Waals surface area contributed by atoms with Crippen LogP contribution < -0.4 is 0 Å². The Bertz CT molecular complexity index is 513. The largest absolute Gasteiger partial charge is 0.300 e. The second kappa shape index (κ2) is 5.43. The number of fused-ring (bicyclic) bond motifs is 2. The summed E-state index contributed by atoms with van der Waals surface area (Å²) in [5, 5.41) is 0. The van der Waals surface area contributed by atoms with Crippen LogP contribution in [0.4, 0.5) is 0 Å². The van der Waals surface area contributed by atoms with Crippen LogP contribution in [-0.2, 0) is 0 Å². The van der Waals surface area contributed by atoms with E-state index in [-0.39, 0.29) is 0 Å². The highest BCUT2D eigenvalue weighted by atomic mass is 15.2. The molecule has 1 heteroatoms. The average Bonchev–Trinajstić information content (AvgIpc) is 3.13. The third-order valence-corrected chi connectivity index (χ3v) is 6.57. The van der Waals surface area contributed by atoms with Gasteiger partial charge in [0.05, 0.1) is 0 Å². The summed E-state index contributed by atoms with van der Waals surface area (Å²) < 4.78 is 0. The Morgan fingerprint density at radius 1 is 0.952 bits per heavy atom. The number of hydrogen-bond acceptors (Lipinski definition) is 1. The Labute approximate surface area is 129 Å². The first kappa shape index (κ1) is 13.8. The summed E-state index contributed by atoms with van der Waals surface area (Å²) in [4.78, 5) is 2.85. The van der Waals surface area contributed by atoms with Crippen molar-refractivity contribution >= 4 is 0 Å². The van der Waals surface area contributed by atoms with Gasteiger partial charge in [-0.15, -0.1) is 0 Å². The number of aryl methyl sites for hydroxylation is 2. The lowest BCUT2D eigenvalue weighted by molar-refractivity contribution is 0.110. The van der Waals surface area contributed by atoms with Gasteiger partial charge in [0.2, 0.25) is 0 Å². The topological polar surface area (TPSA) is 3.24 Å². The van der Waals surface area contributed by atoms with E-state index in [9.17, 15) is 0 Å². The maximum atomic E-state index is 2.85. The SMILES string of the molecule is Cc1ccc(C)c(C2CCN([C@@H]3C[C@H]4CC[C@H]3C4)CC2)c1. The Morgan fingerprint density at radius 2 is 1.76 bits per heavy atom. The molecule has 0 amide bonds. The van der Waals surface area contributed by atoms with Crippen molar-refractivity contribution in [3.63, 3.8) is 0 Å². The summed E-state index contributed by atoms with van der Waals surface area (Å²) in [7, 11) is 0. The van der Waals surface area contributed by atoms with Crippen LogP contribution in [0.25, 0.3) is 0 Å². The van der Waals surface area contributed by atoms with Crippen molar-refractivity contribution < 1.29 is 0 Å². The van der Waals surface area contributed by atoms with Crippen LogP contribution >= 0.6 is 0 Å². The lowest BCUT2D eigenvalue weighted by Gasteiger charge is -2.40. The van der Waals surface area contributed by atoms with E-state index in [1.165, 1.54) is 56.3 Å². The zero-order valence-electron chi connectivity index (χ0n) is 13.6. The number of benzene rings is 1. The highest BCUT2D eigenvalue weighted by molar-refractivity contribution is 5.33. The van der Waals surface area contributed by atoms with Gasteiger partial charge >= 0.3 is 0 Å². The van der Waals surface area contributed by atoms with E-state index in [0.717, 1.165) is 23.8 Å². The molecule has 0 radical (unpaired) electrons. The monoisotopic (exact) mass is 283 g/mol. The quantitative estimate of drug-likeness (QED) is 0.762. The van der Waals surface area contributed by atoms with E-state index < -0.39 is 0 Å². The molecule has 3 fully saturated rings. The molecule has 0 spiro atoms. The second-order valence-electron chi connectivity index (χ2n) is 7.91. The van der Waals surface area contributed by atoms with Gasteiger partial charge in [0.15, 0.2) is 0 Å². The Balaban J connectivity index is 1.41. The Kier molecular flexibility index (Phi) is 3.57. The van der Waals surface area contributed by atoms with Gasteiger partial charge in [0, 0.05) is 6.04 Å². The van der Waals surface area contributed by atoms with Crippen molar-refractivity contribution in [1.29, 1.82) is 0 Å².